The van der Waals surface area contributed by atoms with Crippen LogP contribution < -0.4 is 11.5 Å². The van der Waals surface area contributed by atoms with Crippen molar-refractivity contribution in [1.29, 1.82) is 0 Å². The number of hydrogen-bond acceptors (Lipinski definition) is 5. The van der Waals surface area contributed by atoms with E-state index in [0.29, 0.717) is 24.2 Å². The summed E-state index contributed by atoms with van der Waals surface area (Å²) < 4.78 is 0. The van der Waals surface area contributed by atoms with E-state index in [0.717, 1.165) is 0 Å². The Hall–Kier alpha value is -1.17. The predicted octanol–water partition coefficient (Wildman–Crippen LogP) is -0.593. The molecule has 2 atom stereocenters. The molecular formula is C9H15N3O2. The monoisotopic (exact) mass is 197 g/mol. The molecule has 78 valence electrons. The number of aliphatic hydroxyl groups excluding tert-OH is 2. The highest BCUT2D eigenvalue weighted by Crippen LogP contribution is 2.22. The van der Waals surface area contributed by atoms with Gasteiger partial charge in [-0.2, -0.15) is 0 Å². The highest BCUT2D eigenvalue weighted by atomic mass is 16.3. The molecule has 5 heteroatoms. The molecule has 0 saturated carbocycles. The largest absolute Gasteiger partial charge is 0.397 e. The first-order valence-electron chi connectivity index (χ1n) is 4.42. The first-order chi connectivity index (χ1) is 6.66. The smallest absolute Gasteiger partial charge is 0.107 e. The number of pyridine rings is 1. The standard InChI is InChI=1S/C9H15N3O2/c10-3-1-8(13)9(14)6-2-4-12-5-7(6)11/h2,4-5,8-9,13-14H,1,3,10-11H2. The molecule has 0 aliphatic carbocycles. The van der Waals surface area contributed by atoms with Crippen LogP contribution in [0.15, 0.2) is 18.5 Å². The third-order valence-electron chi connectivity index (χ3n) is 2.03. The zero-order valence-electron chi connectivity index (χ0n) is 7.80. The van der Waals surface area contributed by atoms with E-state index in [9.17, 15) is 10.2 Å². The van der Waals surface area contributed by atoms with Crippen molar-refractivity contribution in [1.82, 2.24) is 4.98 Å². The maximum atomic E-state index is 9.69. The molecule has 0 radical (unpaired) electrons. The maximum absolute atomic E-state index is 9.69. The van der Waals surface area contributed by atoms with Gasteiger partial charge in [0.15, 0.2) is 0 Å². The first-order valence-corrected chi connectivity index (χ1v) is 4.42. The third kappa shape index (κ3) is 2.41. The maximum Gasteiger partial charge on any atom is 0.107 e. The van der Waals surface area contributed by atoms with Gasteiger partial charge in [-0.15, -0.1) is 0 Å². The van der Waals surface area contributed by atoms with Crippen LogP contribution in [0, 0.1) is 0 Å². The summed E-state index contributed by atoms with van der Waals surface area (Å²) in [5, 5.41) is 19.2. The van der Waals surface area contributed by atoms with E-state index in [2.05, 4.69) is 4.98 Å². The number of hydrogen-bond donors (Lipinski definition) is 4. The molecular weight excluding hydrogens is 182 g/mol. The van der Waals surface area contributed by atoms with Crippen LogP contribution in [0.25, 0.3) is 0 Å². The fraction of sp³-hybridized carbons (Fsp3) is 0.444. The second kappa shape index (κ2) is 4.90. The Morgan fingerprint density at radius 1 is 1.43 bits per heavy atom. The van der Waals surface area contributed by atoms with Gasteiger partial charge in [0, 0.05) is 11.8 Å². The van der Waals surface area contributed by atoms with Crippen LogP contribution >= 0.6 is 0 Å². The quantitative estimate of drug-likeness (QED) is 0.516. The Morgan fingerprint density at radius 3 is 2.71 bits per heavy atom. The van der Waals surface area contributed by atoms with Gasteiger partial charge in [0.2, 0.25) is 0 Å². The molecule has 6 N–H and O–H groups in total. The van der Waals surface area contributed by atoms with Gasteiger partial charge in [0.1, 0.15) is 6.10 Å². The lowest BCUT2D eigenvalue weighted by Crippen LogP contribution is -2.22. The lowest BCUT2D eigenvalue weighted by Gasteiger charge is -2.18. The van der Waals surface area contributed by atoms with Crippen molar-refractivity contribution < 1.29 is 10.2 Å². The first kappa shape index (κ1) is 10.9. The minimum Gasteiger partial charge on any atom is -0.397 e. The van der Waals surface area contributed by atoms with Crippen molar-refractivity contribution >= 4 is 5.69 Å². The van der Waals surface area contributed by atoms with Crippen LogP contribution in [0.2, 0.25) is 0 Å². The van der Waals surface area contributed by atoms with Gasteiger partial charge in [0.25, 0.3) is 0 Å². The summed E-state index contributed by atoms with van der Waals surface area (Å²) in [6.45, 7) is 0.323. The Bertz CT molecular complexity index is 293. The molecule has 1 aromatic heterocycles. The molecule has 0 bridgehead atoms. The molecule has 5 nitrogen and oxygen atoms in total. The van der Waals surface area contributed by atoms with Gasteiger partial charge in [-0.05, 0) is 19.0 Å². The summed E-state index contributed by atoms with van der Waals surface area (Å²) in [6, 6.07) is 1.58. The number of aromatic nitrogens is 1. The molecule has 0 fully saturated rings. The van der Waals surface area contributed by atoms with Crippen molar-refractivity contribution in [3.63, 3.8) is 0 Å². The average molecular weight is 197 g/mol. The van der Waals surface area contributed by atoms with E-state index in [1.54, 1.807) is 6.07 Å². The van der Waals surface area contributed by atoms with Gasteiger partial charge in [0.05, 0.1) is 18.0 Å². The van der Waals surface area contributed by atoms with E-state index in [1.807, 2.05) is 0 Å². The molecule has 1 heterocycles. The molecule has 0 spiro atoms. The molecule has 1 aromatic rings. The molecule has 0 aliphatic rings. The van der Waals surface area contributed by atoms with Crippen molar-refractivity contribution in [2.45, 2.75) is 18.6 Å². The zero-order chi connectivity index (χ0) is 10.6. The lowest BCUT2D eigenvalue weighted by atomic mass is 10.0. The highest BCUT2D eigenvalue weighted by molar-refractivity contribution is 5.45. The Labute approximate surface area is 82.4 Å². The van der Waals surface area contributed by atoms with Crippen molar-refractivity contribution in [2.75, 3.05) is 12.3 Å². The van der Waals surface area contributed by atoms with E-state index in [4.69, 9.17) is 11.5 Å². The van der Waals surface area contributed by atoms with Crippen LogP contribution in [-0.2, 0) is 0 Å². The number of aliphatic hydroxyl groups is 2. The predicted molar refractivity (Wildman–Crippen MR) is 53.3 cm³/mol. The highest BCUT2D eigenvalue weighted by Gasteiger charge is 2.19. The van der Waals surface area contributed by atoms with Gasteiger partial charge in [-0.25, -0.2) is 0 Å². The number of rotatable bonds is 4. The van der Waals surface area contributed by atoms with Crippen LogP contribution in [0.5, 0.6) is 0 Å². The summed E-state index contributed by atoms with van der Waals surface area (Å²) in [4.78, 5) is 3.79. The van der Waals surface area contributed by atoms with E-state index in [-0.39, 0.29) is 0 Å². The molecule has 1 rings (SSSR count). The van der Waals surface area contributed by atoms with E-state index in [1.165, 1.54) is 12.4 Å². The van der Waals surface area contributed by atoms with Gasteiger partial charge in [-0.1, -0.05) is 0 Å². The summed E-state index contributed by atoms with van der Waals surface area (Å²) in [5.41, 5.74) is 11.7. The molecule has 0 aromatic carbocycles. The summed E-state index contributed by atoms with van der Waals surface area (Å²) in [6.07, 6.45) is 1.41. The number of nitrogens with two attached hydrogens (primary N) is 2. The minimum atomic E-state index is -0.999. The van der Waals surface area contributed by atoms with Crippen molar-refractivity contribution in [2.24, 2.45) is 5.73 Å². The zero-order valence-corrected chi connectivity index (χ0v) is 7.80. The normalized spacial score (nSPS) is 15.1. The van der Waals surface area contributed by atoms with Crippen molar-refractivity contribution in [3.8, 4) is 0 Å². The van der Waals surface area contributed by atoms with Gasteiger partial charge < -0.3 is 21.7 Å². The van der Waals surface area contributed by atoms with E-state index >= 15 is 0 Å². The van der Waals surface area contributed by atoms with Crippen LogP contribution in [0.4, 0.5) is 5.69 Å². The molecule has 2 unspecified atom stereocenters. The Morgan fingerprint density at radius 2 is 2.14 bits per heavy atom. The van der Waals surface area contributed by atoms with Crippen molar-refractivity contribution in [3.05, 3.63) is 24.0 Å². The molecule has 0 aliphatic heterocycles. The van der Waals surface area contributed by atoms with Crippen LogP contribution in [-0.4, -0.2) is 27.8 Å². The average Bonchev–Trinajstić information content (AvgIpc) is 2.18. The Kier molecular flexibility index (Phi) is 3.82. The minimum absolute atomic E-state index is 0.323. The van der Waals surface area contributed by atoms with Gasteiger partial charge >= 0.3 is 0 Å². The third-order valence-corrected chi connectivity index (χ3v) is 2.03. The number of nitrogens with zero attached hydrogens (tertiary/aromatic N) is 1. The van der Waals surface area contributed by atoms with Crippen LogP contribution in [0.1, 0.15) is 18.1 Å². The van der Waals surface area contributed by atoms with Crippen LogP contribution in [0.3, 0.4) is 0 Å². The number of nitrogen functional groups attached to an aromatic ring is 1. The lowest BCUT2D eigenvalue weighted by molar-refractivity contribution is 0.0154. The van der Waals surface area contributed by atoms with E-state index < -0.39 is 12.2 Å². The molecule has 0 saturated heterocycles. The van der Waals surface area contributed by atoms with Gasteiger partial charge in [-0.3, -0.25) is 4.98 Å². The number of anilines is 1. The fourth-order valence-electron chi connectivity index (χ4n) is 1.22. The Balaban J connectivity index is 2.78. The topological polar surface area (TPSA) is 105 Å². The summed E-state index contributed by atoms with van der Waals surface area (Å²) in [5.74, 6) is 0. The summed E-state index contributed by atoms with van der Waals surface area (Å²) in [7, 11) is 0. The summed E-state index contributed by atoms with van der Waals surface area (Å²) >= 11 is 0. The molecule has 0 amide bonds. The second-order valence-corrected chi connectivity index (χ2v) is 3.09. The second-order valence-electron chi connectivity index (χ2n) is 3.09. The molecule has 14 heavy (non-hydrogen) atoms. The SMILES string of the molecule is NCCC(O)C(O)c1ccncc1N. The fourth-order valence-corrected chi connectivity index (χ4v) is 1.22.